The molecule has 0 spiro atoms. The Morgan fingerprint density at radius 1 is 1.00 bits per heavy atom. The fourth-order valence-electron chi connectivity index (χ4n) is 4.07. The summed E-state index contributed by atoms with van der Waals surface area (Å²) in [5.41, 5.74) is 4.36. The van der Waals surface area contributed by atoms with Crippen molar-refractivity contribution >= 4 is 34.3 Å². The number of para-hydroxylation sites is 1. The van der Waals surface area contributed by atoms with E-state index in [1.165, 1.54) is 11.8 Å². The molecule has 1 N–H and O–H groups in total. The third-order valence-electron chi connectivity index (χ3n) is 5.96. The number of carbonyl (C=O) groups excluding carboxylic acids is 1. The Hall–Kier alpha value is -3.91. The van der Waals surface area contributed by atoms with Gasteiger partial charge in [0.25, 0.3) is 5.56 Å². The Bertz CT molecular complexity index is 1610. The summed E-state index contributed by atoms with van der Waals surface area (Å²) in [6.07, 6.45) is 0. The first-order valence-corrected chi connectivity index (χ1v) is 12.3. The van der Waals surface area contributed by atoms with Crippen molar-refractivity contribution in [2.24, 2.45) is 0 Å². The molecule has 0 aliphatic carbocycles. The lowest BCUT2D eigenvalue weighted by Crippen LogP contribution is -2.30. The van der Waals surface area contributed by atoms with E-state index in [2.05, 4.69) is 15.5 Å². The van der Waals surface area contributed by atoms with Crippen molar-refractivity contribution in [3.05, 3.63) is 99.8 Å². The minimum atomic E-state index is -0.411. The average molecular weight is 484 g/mol. The zero-order chi connectivity index (χ0) is 24.5. The third kappa shape index (κ3) is 4.33. The van der Waals surface area contributed by atoms with Crippen molar-refractivity contribution in [1.82, 2.24) is 24.5 Å². The monoisotopic (exact) mass is 483 g/mol. The SMILES string of the molecule is Cc1ccc(C)c(-n2c(=O)c3ccccc3n3c(SC(C)C(=O)NCc4ccccc4)nnc23)c1. The first-order valence-electron chi connectivity index (χ1n) is 11.4. The van der Waals surface area contributed by atoms with E-state index in [1.807, 2.05) is 98.0 Å². The Labute approximate surface area is 206 Å². The van der Waals surface area contributed by atoms with Crippen LogP contribution in [0.1, 0.15) is 23.6 Å². The van der Waals surface area contributed by atoms with Crippen LogP contribution >= 0.6 is 11.8 Å². The number of nitrogens with zero attached hydrogens (tertiary/aromatic N) is 4. The second-order valence-corrected chi connectivity index (χ2v) is 9.84. The van der Waals surface area contributed by atoms with E-state index in [0.29, 0.717) is 28.4 Å². The molecule has 0 aliphatic heterocycles. The van der Waals surface area contributed by atoms with Crippen LogP contribution < -0.4 is 10.9 Å². The summed E-state index contributed by atoms with van der Waals surface area (Å²) in [5, 5.41) is 12.5. The van der Waals surface area contributed by atoms with Crippen LogP contribution in [0.25, 0.3) is 22.4 Å². The highest BCUT2D eigenvalue weighted by Gasteiger charge is 2.22. The molecule has 7 nitrogen and oxygen atoms in total. The summed E-state index contributed by atoms with van der Waals surface area (Å²) in [6, 6.07) is 23.2. The van der Waals surface area contributed by atoms with Crippen LogP contribution in [-0.4, -0.2) is 30.3 Å². The summed E-state index contributed by atoms with van der Waals surface area (Å²) in [7, 11) is 0. The largest absolute Gasteiger partial charge is 0.351 e. The average Bonchev–Trinajstić information content (AvgIpc) is 3.28. The number of aromatic nitrogens is 4. The van der Waals surface area contributed by atoms with Crippen molar-refractivity contribution in [3.8, 4) is 5.69 Å². The van der Waals surface area contributed by atoms with Gasteiger partial charge in [0.2, 0.25) is 11.7 Å². The molecule has 0 bridgehead atoms. The molecule has 1 unspecified atom stereocenters. The number of hydrogen-bond acceptors (Lipinski definition) is 5. The lowest BCUT2D eigenvalue weighted by atomic mass is 10.1. The van der Waals surface area contributed by atoms with Gasteiger partial charge in [-0.05, 0) is 55.7 Å². The summed E-state index contributed by atoms with van der Waals surface area (Å²) < 4.78 is 3.48. The van der Waals surface area contributed by atoms with Gasteiger partial charge in [0.1, 0.15) is 0 Å². The highest BCUT2D eigenvalue weighted by molar-refractivity contribution is 8.00. The minimum Gasteiger partial charge on any atom is -0.351 e. The van der Waals surface area contributed by atoms with Gasteiger partial charge in [-0.15, -0.1) is 10.2 Å². The number of carbonyl (C=O) groups is 1. The number of rotatable bonds is 6. The molecule has 0 fully saturated rings. The molecular weight excluding hydrogens is 458 g/mol. The number of thioether (sulfide) groups is 1. The predicted molar refractivity (Wildman–Crippen MR) is 139 cm³/mol. The van der Waals surface area contributed by atoms with Crippen molar-refractivity contribution in [3.63, 3.8) is 0 Å². The van der Waals surface area contributed by atoms with Crippen LogP contribution in [0.5, 0.6) is 0 Å². The smallest absolute Gasteiger partial charge is 0.267 e. The number of aryl methyl sites for hydroxylation is 2. The fourth-order valence-corrected chi connectivity index (χ4v) is 4.95. The highest BCUT2D eigenvalue weighted by Crippen LogP contribution is 2.27. The zero-order valence-electron chi connectivity index (χ0n) is 19.7. The van der Waals surface area contributed by atoms with Crippen molar-refractivity contribution in [2.75, 3.05) is 0 Å². The minimum absolute atomic E-state index is 0.0947. The summed E-state index contributed by atoms with van der Waals surface area (Å²) in [5.74, 6) is 0.324. The molecule has 0 radical (unpaired) electrons. The topological polar surface area (TPSA) is 81.3 Å². The van der Waals surface area contributed by atoms with Crippen LogP contribution in [-0.2, 0) is 11.3 Å². The number of benzene rings is 3. The zero-order valence-corrected chi connectivity index (χ0v) is 20.5. The Balaban J connectivity index is 1.56. The standard InChI is InChI=1S/C27H25N5O2S/c1-17-13-14-18(2)23(15-17)31-25(34)21-11-7-8-12-22(21)32-26(31)29-30-27(32)35-19(3)24(33)28-16-20-9-5-4-6-10-20/h4-15,19H,16H2,1-3H3,(H,28,33). The van der Waals surface area contributed by atoms with Crippen LogP contribution in [0.4, 0.5) is 0 Å². The molecule has 0 saturated heterocycles. The van der Waals surface area contributed by atoms with Gasteiger partial charge >= 0.3 is 0 Å². The quantitative estimate of drug-likeness (QED) is 0.361. The molecule has 3 aromatic carbocycles. The molecule has 176 valence electrons. The molecular formula is C27H25N5O2S. The molecule has 5 rings (SSSR count). The van der Waals surface area contributed by atoms with Gasteiger partial charge in [-0.2, -0.15) is 0 Å². The van der Waals surface area contributed by atoms with E-state index >= 15 is 0 Å². The molecule has 5 aromatic rings. The van der Waals surface area contributed by atoms with Crippen molar-refractivity contribution in [1.29, 1.82) is 0 Å². The van der Waals surface area contributed by atoms with Gasteiger partial charge in [-0.25, -0.2) is 4.57 Å². The maximum absolute atomic E-state index is 13.6. The van der Waals surface area contributed by atoms with Gasteiger partial charge in [0.05, 0.1) is 21.8 Å². The van der Waals surface area contributed by atoms with E-state index in [-0.39, 0.29) is 11.5 Å². The van der Waals surface area contributed by atoms with Gasteiger partial charge in [0, 0.05) is 6.54 Å². The van der Waals surface area contributed by atoms with Crippen LogP contribution in [0.2, 0.25) is 0 Å². The molecule has 0 aliphatic rings. The summed E-state index contributed by atoms with van der Waals surface area (Å²) in [4.78, 5) is 26.4. The van der Waals surface area contributed by atoms with E-state index in [4.69, 9.17) is 0 Å². The molecule has 2 heterocycles. The Morgan fingerprint density at radius 2 is 1.74 bits per heavy atom. The second kappa shape index (κ2) is 9.38. The highest BCUT2D eigenvalue weighted by atomic mass is 32.2. The summed E-state index contributed by atoms with van der Waals surface area (Å²) >= 11 is 1.32. The van der Waals surface area contributed by atoms with E-state index in [0.717, 1.165) is 22.4 Å². The van der Waals surface area contributed by atoms with Crippen LogP contribution in [0.15, 0.2) is 82.7 Å². The maximum atomic E-state index is 13.6. The predicted octanol–water partition coefficient (Wildman–Crippen LogP) is 4.45. The molecule has 35 heavy (non-hydrogen) atoms. The molecule has 2 aromatic heterocycles. The van der Waals surface area contributed by atoms with Crippen LogP contribution in [0, 0.1) is 13.8 Å². The van der Waals surface area contributed by atoms with Gasteiger partial charge in [-0.3, -0.25) is 14.0 Å². The second-order valence-electron chi connectivity index (χ2n) is 8.53. The maximum Gasteiger partial charge on any atom is 0.267 e. The van der Waals surface area contributed by atoms with Crippen LogP contribution in [0.3, 0.4) is 0 Å². The molecule has 1 amide bonds. The first-order chi connectivity index (χ1) is 16.9. The first kappa shape index (κ1) is 22.9. The van der Waals surface area contributed by atoms with Gasteiger partial charge in [-0.1, -0.05) is 66.4 Å². The molecule has 1 atom stereocenters. The summed E-state index contributed by atoms with van der Waals surface area (Å²) in [6.45, 7) is 6.26. The van der Waals surface area contributed by atoms with E-state index < -0.39 is 5.25 Å². The lowest BCUT2D eigenvalue weighted by Gasteiger charge is -2.15. The molecule has 0 saturated carbocycles. The van der Waals surface area contributed by atoms with E-state index in [9.17, 15) is 9.59 Å². The number of fused-ring (bicyclic) bond motifs is 3. The van der Waals surface area contributed by atoms with E-state index in [1.54, 1.807) is 4.57 Å². The Kier molecular flexibility index (Phi) is 6.13. The number of amides is 1. The van der Waals surface area contributed by atoms with Crippen molar-refractivity contribution < 1.29 is 4.79 Å². The Morgan fingerprint density at radius 3 is 2.54 bits per heavy atom. The fraction of sp³-hybridized carbons (Fsp3) is 0.185. The van der Waals surface area contributed by atoms with Crippen molar-refractivity contribution in [2.45, 2.75) is 37.7 Å². The number of nitrogens with one attached hydrogen (secondary N) is 1. The third-order valence-corrected chi connectivity index (χ3v) is 7.00. The van der Waals surface area contributed by atoms with Gasteiger partial charge in [0.15, 0.2) is 5.16 Å². The normalized spacial score (nSPS) is 12.2. The van der Waals surface area contributed by atoms with Gasteiger partial charge < -0.3 is 5.32 Å². The lowest BCUT2D eigenvalue weighted by molar-refractivity contribution is -0.120. The molecule has 8 heteroatoms. The number of hydrogen-bond donors (Lipinski definition) is 1.